The molecule has 5 nitrogen and oxygen atoms in total. The highest BCUT2D eigenvalue weighted by atomic mass is 16.5. The van der Waals surface area contributed by atoms with E-state index in [9.17, 15) is 4.79 Å². The molecule has 0 radical (unpaired) electrons. The molecule has 1 amide bonds. The molecular weight excluding hydrogens is 302 g/mol. The van der Waals surface area contributed by atoms with Gasteiger partial charge in [0.1, 0.15) is 0 Å². The van der Waals surface area contributed by atoms with Crippen LogP contribution in [-0.4, -0.2) is 60.1 Å². The Balaban J connectivity index is 1.43. The lowest BCUT2D eigenvalue weighted by Gasteiger charge is -2.36. The van der Waals surface area contributed by atoms with Crippen molar-refractivity contribution in [2.75, 3.05) is 39.4 Å². The van der Waals surface area contributed by atoms with Crippen molar-refractivity contribution in [2.45, 2.75) is 32.2 Å². The molecule has 1 aromatic heterocycles. The normalized spacial score (nSPS) is 31.0. The maximum atomic E-state index is 13.1. The molecule has 0 unspecified atom stereocenters. The maximum Gasteiger partial charge on any atom is 0.226 e. The molecule has 130 valence electrons. The zero-order valence-electron chi connectivity index (χ0n) is 14.3. The lowest BCUT2D eigenvalue weighted by molar-refractivity contribution is -0.143. The molecular formula is C19H27N3O2. The molecule has 5 heteroatoms. The fourth-order valence-electron chi connectivity index (χ4n) is 4.86. The number of morpholine rings is 1. The summed E-state index contributed by atoms with van der Waals surface area (Å²) >= 11 is 0. The molecule has 0 N–H and O–H groups in total. The van der Waals surface area contributed by atoms with Gasteiger partial charge in [-0.05, 0) is 43.4 Å². The topological polar surface area (TPSA) is 45.7 Å². The molecule has 1 saturated carbocycles. The predicted molar refractivity (Wildman–Crippen MR) is 91.3 cm³/mol. The Morgan fingerprint density at radius 1 is 1.25 bits per heavy atom. The second kappa shape index (κ2) is 6.81. The summed E-state index contributed by atoms with van der Waals surface area (Å²) in [5.74, 6) is 0.597. The minimum atomic E-state index is 0.199. The van der Waals surface area contributed by atoms with Crippen molar-refractivity contribution >= 4 is 5.91 Å². The Morgan fingerprint density at radius 2 is 2.12 bits per heavy atom. The van der Waals surface area contributed by atoms with Crippen molar-refractivity contribution in [2.24, 2.45) is 11.3 Å². The van der Waals surface area contributed by atoms with Gasteiger partial charge in [0, 0.05) is 38.3 Å². The van der Waals surface area contributed by atoms with Gasteiger partial charge in [0.05, 0.1) is 18.9 Å². The molecule has 4 rings (SSSR count). The fourth-order valence-corrected chi connectivity index (χ4v) is 4.86. The average molecular weight is 329 g/mol. The quantitative estimate of drug-likeness (QED) is 0.850. The third-order valence-electron chi connectivity index (χ3n) is 6.10. The number of ether oxygens (including phenoxy) is 1. The van der Waals surface area contributed by atoms with E-state index in [4.69, 9.17) is 4.74 Å². The number of carbonyl (C=O) groups is 1. The number of carbonyl (C=O) groups excluding carboxylic acids is 1. The first kappa shape index (κ1) is 16.0. The van der Waals surface area contributed by atoms with Gasteiger partial charge in [0.25, 0.3) is 0 Å². The Hall–Kier alpha value is -1.46. The molecule has 1 aliphatic carbocycles. The second-order valence-corrected chi connectivity index (χ2v) is 7.53. The molecule has 3 fully saturated rings. The SMILES string of the molecule is O=C([C@@H]1CCC[C@@]12CCN(Cc1ccccn1)C2)N1CCOCC1. The highest BCUT2D eigenvalue weighted by Crippen LogP contribution is 2.50. The number of hydrogen-bond acceptors (Lipinski definition) is 4. The maximum absolute atomic E-state index is 13.1. The predicted octanol–water partition coefficient (Wildman–Crippen LogP) is 1.93. The summed E-state index contributed by atoms with van der Waals surface area (Å²) in [6.45, 7) is 5.95. The third kappa shape index (κ3) is 3.07. The number of rotatable bonds is 3. The third-order valence-corrected chi connectivity index (χ3v) is 6.10. The van der Waals surface area contributed by atoms with Crippen molar-refractivity contribution in [1.29, 1.82) is 0 Å². The minimum absolute atomic E-state index is 0.199. The zero-order valence-corrected chi connectivity index (χ0v) is 14.3. The summed E-state index contributed by atoms with van der Waals surface area (Å²) in [5.41, 5.74) is 1.33. The highest BCUT2D eigenvalue weighted by molar-refractivity contribution is 5.80. The van der Waals surface area contributed by atoms with Gasteiger partial charge in [-0.3, -0.25) is 14.7 Å². The van der Waals surface area contributed by atoms with Crippen molar-refractivity contribution in [3.8, 4) is 0 Å². The average Bonchev–Trinajstić information content (AvgIpc) is 3.23. The van der Waals surface area contributed by atoms with E-state index in [-0.39, 0.29) is 11.3 Å². The summed E-state index contributed by atoms with van der Waals surface area (Å²) in [7, 11) is 0. The van der Waals surface area contributed by atoms with Gasteiger partial charge in [-0.25, -0.2) is 0 Å². The van der Waals surface area contributed by atoms with Crippen LogP contribution in [0.5, 0.6) is 0 Å². The number of aromatic nitrogens is 1. The number of pyridine rings is 1. The molecule has 2 saturated heterocycles. The molecule has 2 atom stereocenters. The molecule has 0 aromatic carbocycles. The van der Waals surface area contributed by atoms with E-state index in [1.807, 2.05) is 17.2 Å². The van der Waals surface area contributed by atoms with Crippen LogP contribution in [0.25, 0.3) is 0 Å². The van der Waals surface area contributed by atoms with E-state index in [0.717, 1.165) is 51.3 Å². The van der Waals surface area contributed by atoms with Gasteiger partial charge < -0.3 is 9.64 Å². The van der Waals surface area contributed by atoms with E-state index >= 15 is 0 Å². The molecule has 3 heterocycles. The largest absolute Gasteiger partial charge is 0.378 e. The monoisotopic (exact) mass is 329 g/mol. The van der Waals surface area contributed by atoms with E-state index in [1.165, 1.54) is 12.8 Å². The van der Waals surface area contributed by atoms with Gasteiger partial charge in [0.2, 0.25) is 5.91 Å². The van der Waals surface area contributed by atoms with Gasteiger partial charge in [0.15, 0.2) is 0 Å². The lowest BCUT2D eigenvalue weighted by atomic mass is 9.76. The number of nitrogens with zero attached hydrogens (tertiary/aromatic N) is 3. The molecule has 1 aromatic rings. The summed E-state index contributed by atoms with van der Waals surface area (Å²) in [6, 6.07) is 6.10. The smallest absolute Gasteiger partial charge is 0.226 e. The molecule has 3 aliphatic rings. The zero-order chi connectivity index (χ0) is 16.4. The van der Waals surface area contributed by atoms with E-state index in [0.29, 0.717) is 19.1 Å². The van der Waals surface area contributed by atoms with Crippen LogP contribution in [0.3, 0.4) is 0 Å². The first-order valence-corrected chi connectivity index (χ1v) is 9.26. The van der Waals surface area contributed by atoms with E-state index < -0.39 is 0 Å². The highest BCUT2D eigenvalue weighted by Gasteiger charge is 2.51. The van der Waals surface area contributed by atoms with Crippen molar-refractivity contribution in [3.63, 3.8) is 0 Å². The number of hydrogen-bond donors (Lipinski definition) is 0. The van der Waals surface area contributed by atoms with Crippen LogP contribution >= 0.6 is 0 Å². The van der Waals surface area contributed by atoms with Gasteiger partial charge in [-0.15, -0.1) is 0 Å². The summed E-state index contributed by atoms with van der Waals surface area (Å²) < 4.78 is 5.40. The van der Waals surface area contributed by atoms with Crippen LogP contribution in [-0.2, 0) is 16.1 Å². The van der Waals surface area contributed by atoms with Crippen LogP contribution < -0.4 is 0 Å². The van der Waals surface area contributed by atoms with Crippen LogP contribution in [0.15, 0.2) is 24.4 Å². The lowest BCUT2D eigenvalue weighted by Crippen LogP contribution is -2.47. The first-order chi connectivity index (χ1) is 11.8. The van der Waals surface area contributed by atoms with Crippen LogP contribution in [0.4, 0.5) is 0 Å². The van der Waals surface area contributed by atoms with E-state index in [2.05, 4.69) is 22.0 Å². The Labute approximate surface area is 144 Å². The van der Waals surface area contributed by atoms with E-state index in [1.54, 1.807) is 0 Å². The van der Waals surface area contributed by atoms with Crippen LogP contribution in [0.2, 0.25) is 0 Å². The molecule has 1 spiro atoms. The minimum Gasteiger partial charge on any atom is -0.378 e. The Bertz CT molecular complexity index is 573. The van der Waals surface area contributed by atoms with Crippen molar-refractivity contribution in [1.82, 2.24) is 14.8 Å². The molecule has 2 aliphatic heterocycles. The Kier molecular flexibility index (Phi) is 4.55. The summed E-state index contributed by atoms with van der Waals surface area (Å²) in [4.78, 5) is 22.1. The Morgan fingerprint density at radius 3 is 2.92 bits per heavy atom. The fraction of sp³-hybridized carbons (Fsp3) is 0.684. The number of amides is 1. The second-order valence-electron chi connectivity index (χ2n) is 7.53. The molecule has 24 heavy (non-hydrogen) atoms. The van der Waals surface area contributed by atoms with Crippen LogP contribution in [0.1, 0.15) is 31.4 Å². The van der Waals surface area contributed by atoms with Crippen molar-refractivity contribution < 1.29 is 9.53 Å². The van der Waals surface area contributed by atoms with Crippen LogP contribution in [0, 0.1) is 11.3 Å². The summed E-state index contributed by atoms with van der Waals surface area (Å²) in [5, 5.41) is 0. The van der Waals surface area contributed by atoms with Crippen molar-refractivity contribution in [3.05, 3.63) is 30.1 Å². The standard InChI is InChI=1S/C19H27N3O2/c23-18(22-10-12-24-13-11-22)17-5-3-6-19(17)7-9-21(15-19)14-16-4-1-2-8-20-16/h1-2,4,8,17H,3,5-7,9-15H2/t17-,19-/m0/s1. The van der Waals surface area contributed by atoms with Gasteiger partial charge in [-0.2, -0.15) is 0 Å². The summed E-state index contributed by atoms with van der Waals surface area (Å²) in [6.07, 6.45) is 6.47. The van der Waals surface area contributed by atoms with Gasteiger partial charge >= 0.3 is 0 Å². The molecule has 0 bridgehead atoms. The first-order valence-electron chi connectivity index (χ1n) is 9.26. The number of likely N-dealkylation sites (tertiary alicyclic amines) is 1. The van der Waals surface area contributed by atoms with Gasteiger partial charge in [-0.1, -0.05) is 12.5 Å².